The number of hydrogen-bond donors (Lipinski definition) is 1. The Morgan fingerprint density at radius 1 is 1.36 bits per heavy atom. The first-order valence-corrected chi connectivity index (χ1v) is 4.44. The molecule has 0 saturated carbocycles. The summed E-state index contributed by atoms with van der Waals surface area (Å²) in [4.78, 5) is 11.2. The quantitative estimate of drug-likeness (QED) is 0.651. The molecule has 2 heteroatoms. The first kappa shape index (κ1) is 11.0. The molecule has 0 saturated heterocycles. The maximum atomic E-state index is 11.2. The van der Waals surface area contributed by atoms with Gasteiger partial charge in [0.2, 0.25) is 0 Å². The van der Waals surface area contributed by atoms with Crippen molar-refractivity contribution in [1.29, 1.82) is 0 Å². The minimum Gasteiger partial charge on any atom is -0.299 e. The second-order valence-corrected chi connectivity index (χ2v) is 4.80. The van der Waals surface area contributed by atoms with E-state index in [-0.39, 0.29) is 15.9 Å². The van der Waals surface area contributed by atoms with Crippen molar-refractivity contribution in [1.82, 2.24) is 0 Å². The number of hydrogen-bond acceptors (Lipinski definition) is 2. The van der Waals surface area contributed by atoms with Gasteiger partial charge in [0.25, 0.3) is 0 Å². The Bertz CT molecular complexity index is 159. The van der Waals surface area contributed by atoms with Crippen LogP contribution >= 0.6 is 12.6 Å². The Hall–Kier alpha value is 0.0200. The van der Waals surface area contributed by atoms with Crippen LogP contribution in [-0.2, 0) is 4.79 Å². The molecule has 11 heavy (non-hydrogen) atoms. The number of carbonyl (C=O) groups excluding carboxylic acids is 1. The van der Waals surface area contributed by atoms with Crippen molar-refractivity contribution >= 4 is 18.4 Å². The molecule has 0 aliphatic carbocycles. The third-order valence-corrected chi connectivity index (χ3v) is 3.79. The summed E-state index contributed by atoms with van der Waals surface area (Å²) >= 11 is 4.49. The fourth-order valence-electron chi connectivity index (χ4n) is 0.821. The second kappa shape index (κ2) is 3.18. The largest absolute Gasteiger partial charge is 0.299 e. The zero-order chi connectivity index (χ0) is 9.28. The molecule has 0 bridgehead atoms. The van der Waals surface area contributed by atoms with Crippen LogP contribution in [0.5, 0.6) is 0 Å². The maximum Gasteiger partial charge on any atom is 0.136 e. The molecular formula is C9H18OS. The second-order valence-electron chi connectivity index (χ2n) is 3.81. The van der Waals surface area contributed by atoms with E-state index in [1.165, 1.54) is 0 Å². The van der Waals surface area contributed by atoms with Gasteiger partial charge in [0.15, 0.2) is 0 Å². The normalized spacial score (nSPS) is 17.6. The van der Waals surface area contributed by atoms with E-state index < -0.39 is 0 Å². The topological polar surface area (TPSA) is 17.1 Å². The Morgan fingerprint density at radius 2 is 1.73 bits per heavy atom. The zero-order valence-corrected chi connectivity index (χ0v) is 8.96. The lowest BCUT2D eigenvalue weighted by atomic mass is 9.75. The van der Waals surface area contributed by atoms with Crippen LogP contribution in [0.15, 0.2) is 0 Å². The summed E-state index contributed by atoms with van der Waals surface area (Å²) in [6.07, 6.45) is 0.905. The summed E-state index contributed by atoms with van der Waals surface area (Å²) in [6.45, 7) is 9.59. The summed E-state index contributed by atoms with van der Waals surface area (Å²) in [5.41, 5.74) is -0.329. The first-order valence-electron chi connectivity index (χ1n) is 3.99. The SMILES string of the molecule is CCC(C)(S)C(C)(C)C(C)=O. The summed E-state index contributed by atoms with van der Waals surface area (Å²) in [5.74, 6) is 0.205. The smallest absolute Gasteiger partial charge is 0.136 e. The van der Waals surface area contributed by atoms with Crippen molar-refractivity contribution in [3.8, 4) is 0 Å². The summed E-state index contributed by atoms with van der Waals surface area (Å²) in [6, 6.07) is 0. The van der Waals surface area contributed by atoms with Crippen LogP contribution in [0.2, 0.25) is 0 Å². The molecule has 0 N–H and O–H groups in total. The number of thiol groups is 1. The van der Waals surface area contributed by atoms with Gasteiger partial charge in [-0.15, -0.1) is 0 Å². The molecule has 1 nitrogen and oxygen atoms in total. The van der Waals surface area contributed by atoms with Crippen molar-refractivity contribution in [2.75, 3.05) is 0 Å². The predicted octanol–water partition coefficient (Wildman–Crippen LogP) is 2.70. The molecule has 66 valence electrons. The molecule has 0 aliphatic heterocycles. The van der Waals surface area contributed by atoms with E-state index in [9.17, 15) is 4.79 Å². The van der Waals surface area contributed by atoms with Crippen LogP contribution in [0, 0.1) is 5.41 Å². The molecule has 0 aromatic carbocycles. The van der Waals surface area contributed by atoms with Gasteiger partial charge in [-0.25, -0.2) is 0 Å². The van der Waals surface area contributed by atoms with Gasteiger partial charge in [0.1, 0.15) is 5.78 Å². The monoisotopic (exact) mass is 174 g/mol. The van der Waals surface area contributed by atoms with Crippen molar-refractivity contribution in [3.63, 3.8) is 0 Å². The Balaban J connectivity index is 4.67. The molecule has 0 aromatic rings. The van der Waals surface area contributed by atoms with Crippen molar-refractivity contribution < 1.29 is 4.79 Å². The lowest BCUT2D eigenvalue weighted by Crippen LogP contribution is -2.41. The van der Waals surface area contributed by atoms with E-state index in [1.807, 2.05) is 20.8 Å². The molecule has 0 amide bonds. The van der Waals surface area contributed by atoms with Crippen molar-refractivity contribution in [3.05, 3.63) is 0 Å². The van der Waals surface area contributed by atoms with Crippen LogP contribution in [0.1, 0.15) is 41.0 Å². The average molecular weight is 174 g/mol. The van der Waals surface area contributed by atoms with E-state index in [4.69, 9.17) is 0 Å². The molecule has 0 rings (SSSR count). The van der Waals surface area contributed by atoms with Crippen molar-refractivity contribution in [2.24, 2.45) is 5.41 Å². The van der Waals surface area contributed by atoms with Crippen LogP contribution in [-0.4, -0.2) is 10.5 Å². The number of ketones is 1. The average Bonchev–Trinajstić information content (AvgIpc) is 1.87. The van der Waals surface area contributed by atoms with Gasteiger partial charge in [-0.3, -0.25) is 4.79 Å². The van der Waals surface area contributed by atoms with E-state index in [2.05, 4.69) is 19.6 Å². The van der Waals surface area contributed by atoms with Gasteiger partial charge in [-0.1, -0.05) is 20.8 Å². The van der Waals surface area contributed by atoms with Gasteiger partial charge in [0.05, 0.1) is 0 Å². The first-order chi connectivity index (χ1) is 4.75. The minimum atomic E-state index is -0.329. The van der Waals surface area contributed by atoms with Gasteiger partial charge >= 0.3 is 0 Å². The van der Waals surface area contributed by atoms with Crippen LogP contribution in [0.25, 0.3) is 0 Å². The van der Waals surface area contributed by atoms with E-state index >= 15 is 0 Å². The highest BCUT2D eigenvalue weighted by Gasteiger charge is 2.40. The number of rotatable bonds is 3. The minimum absolute atomic E-state index is 0.196. The molecule has 0 aromatic heterocycles. The molecular weight excluding hydrogens is 156 g/mol. The third-order valence-electron chi connectivity index (χ3n) is 2.92. The highest BCUT2D eigenvalue weighted by Crippen LogP contribution is 2.39. The van der Waals surface area contributed by atoms with Gasteiger partial charge in [0, 0.05) is 10.2 Å². The standard InChI is InChI=1S/C9H18OS/c1-6-9(5,11)8(3,4)7(2)10/h11H,6H2,1-5H3. The molecule has 0 fully saturated rings. The molecule has 0 aliphatic rings. The molecule has 0 radical (unpaired) electrons. The Morgan fingerprint density at radius 3 is 1.82 bits per heavy atom. The van der Waals surface area contributed by atoms with Crippen molar-refractivity contribution in [2.45, 2.75) is 45.8 Å². The van der Waals surface area contributed by atoms with Crippen LogP contribution in [0.3, 0.4) is 0 Å². The lowest BCUT2D eigenvalue weighted by molar-refractivity contribution is -0.126. The fraction of sp³-hybridized carbons (Fsp3) is 0.889. The van der Waals surface area contributed by atoms with E-state index in [1.54, 1.807) is 6.92 Å². The number of carbonyl (C=O) groups is 1. The highest BCUT2D eigenvalue weighted by atomic mass is 32.1. The molecule has 1 unspecified atom stereocenters. The third kappa shape index (κ3) is 1.98. The van der Waals surface area contributed by atoms with Gasteiger partial charge in [-0.05, 0) is 20.3 Å². The summed E-state index contributed by atoms with van der Waals surface area (Å²) < 4.78 is -0.196. The highest BCUT2D eigenvalue weighted by molar-refractivity contribution is 7.81. The van der Waals surface area contributed by atoms with Gasteiger partial charge in [-0.2, -0.15) is 12.6 Å². The zero-order valence-electron chi connectivity index (χ0n) is 8.06. The fourth-order valence-corrected chi connectivity index (χ4v) is 0.979. The molecule has 1 atom stereocenters. The van der Waals surface area contributed by atoms with Crippen LogP contribution in [0.4, 0.5) is 0 Å². The maximum absolute atomic E-state index is 11.2. The lowest BCUT2D eigenvalue weighted by Gasteiger charge is -2.37. The molecule has 0 spiro atoms. The van der Waals surface area contributed by atoms with E-state index in [0.717, 1.165) is 6.42 Å². The Labute approximate surface area is 75.0 Å². The summed E-state index contributed by atoms with van der Waals surface area (Å²) in [7, 11) is 0. The molecule has 0 heterocycles. The summed E-state index contributed by atoms with van der Waals surface area (Å²) in [5, 5.41) is 0. The van der Waals surface area contributed by atoms with Gasteiger partial charge < -0.3 is 0 Å². The predicted molar refractivity (Wildman–Crippen MR) is 52.1 cm³/mol. The Kier molecular flexibility index (Phi) is 3.18. The van der Waals surface area contributed by atoms with E-state index in [0.29, 0.717) is 0 Å². The number of Topliss-reactive ketones (excluding diaryl/α,β-unsaturated/α-hetero) is 1. The van der Waals surface area contributed by atoms with Crippen LogP contribution < -0.4 is 0 Å².